The van der Waals surface area contributed by atoms with E-state index in [0.29, 0.717) is 5.82 Å². The molecule has 0 aliphatic heterocycles. The van der Waals surface area contributed by atoms with E-state index in [9.17, 15) is 4.79 Å². The maximum absolute atomic E-state index is 11.0. The molecule has 0 saturated carbocycles. The molecule has 4 heteroatoms. The molecular formula is C16H12N2O2. The van der Waals surface area contributed by atoms with E-state index < -0.39 is 5.97 Å². The average molecular weight is 264 g/mol. The zero-order chi connectivity index (χ0) is 13.9. The molecule has 0 aliphatic carbocycles. The van der Waals surface area contributed by atoms with Gasteiger partial charge in [-0.2, -0.15) is 0 Å². The molecule has 4 nitrogen and oxygen atoms in total. The first-order valence-electron chi connectivity index (χ1n) is 6.18. The Hall–Kier alpha value is -2.88. The second-order valence-corrected chi connectivity index (χ2v) is 4.39. The minimum Gasteiger partial charge on any atom is -0.478 e. The Bertz CT molecular complexity index is 779. The SMILES string of the molecule is O=C(O)c1ccnc(Nc2cccc3ccccc23)c1. The van der Waals surface area contributed by atoms with Crippen LogP contribution in [-0.4, -0.2) is 16.1 Å². The summed E-state index contributed by atoms with van der Waals surface area (Å²) in [6, 6.07) is 16.9. The van der Waals surface area contributed by atoms with E-state index in [-0.39, 0.29) is 5.56 Å². The van der Waals surface area contributed by atoms with Gasteiger partial charge in [-0.15, -0.1) is 0 Å². The lowest BCUT2D eigenvalue weighted by atomic mass is 10.1. The van der Waals surface area contributed by atoms with Crippen molar-refractivity contribution in [3.63, 3.8) is 0 Å². The Morgan fingerprint density at radius 1 is 1.05 bits per heavy atom. The highest BCUT2D eigenvalue weighted by atomic mass is 16.4. The first-order valence-corrected chi connectivity index (χ1v) is 6.18. The Morgan fingerprint density at radius 3 is 2.70 bits per heavy atom. The Labute approximate surface area is 115 Å². The summed E-state index contributed by atoms with van der Waals surface area (Å²) in [4.78, 5) is 15.1. The molecule has 0 unspecified atom stereocenters. The highest BCUT2D eigenvalue weighted by Gasteiger charge is 2.05. The highest BCUT2D eigenvalue weighted by Crippen LogP contribution is 2.25. The summed E-state index contributed by atoms with van der Waals surface area (Å²) in [6.07, 6.45) is 1.48. The van der Waals surface area contributed by atoms with Crippen molar-refractivity contribution in [2.75, 3.05) is 5.32 Å². The van der Waals surface area contributed by atoms with Gasteiger partial charge in [-0.05, 0) is 23.6 Å². The zero-order valence-corrected chi connectivity index (χ0v) is 10.6. The van der Waals surface area contributed by atoms with Gasteiger partial charge in [0, 0.05) is 17.3 Å². The topological polar surface area (TPSA) is 62.2 Å². The number of nitrogens with one attached hydrogen (secondary N) is 1. The molecular weight excluding hydrogens is 252 g/mol. The second kappa shape index (κ2) is 5.01. The number of pyridine rings is 1. The number of rotatable bonds is 3. The lowest BCUT2D eigenvalue weighted by Crippen LogP contribution is -2.00. The van der Waals surface area contributed by atoms with Gasteiger partial charge in [0.25, 0.3) is 0 Å². The monoisotopic (exact) mass is 264 g/mol. The van der Waals surface area contributed by atoms with Crippen LogP contribution in [-0.2, 0) is 0 Å². The zero-order valence-electron chi connectivity index (χ0n) is 10.6. The molecule has 20 heavy (non-hydrogen) atoms. The second-order valence-electron chi connectivity index (χ2n) is 4.39. The summed E-state index contributed by atoms with van der Waals surface area (Å²) >= 11 is 0. The van der Waals surface area contributed by atoms with Crippen LogP contribution >= 0.6 is 0 Å². The van der Waals surface area contributed by atoms with Crippen molar-refractivity contribution >= 4 is 28.2 Å². The average Bonchev–Trinajstić information content (AvgIpc) is 2.48. The molecule has 3 rings (SSSR count). The minimum atomic E-state index is -0.964. The van der Waals surface area contributed by atoms with Crippen molar-refractivity contribution in [3.8, 4) is 0 Å². The predicted octanol–water partition coefficient (Wildman–Crippen LogP) is 3.68. The number of benzene rings is 2. The molecule has 98 valence electrons. The quantitative estimate of drug-likeness (QED) is 0.757. The summed E-state index contributed by atoms with van der Waals surface area (Å²) in [5.41, 5.74) is 1.11. The molecule has 3 aromatic rings. The van der Waals surface area contributed by atoms with Crippen LogP contribution < -0.4 is 5.32 Å². The van der Waals surface area contributed by atoms with Gasteiger partial charge < -0.3 is 10.4 Å². The van der Waals surface area contributed by atoms with E-state index in [1.165, 1.54) is 18.3 Å². The van der Waals surface area contributed by atoms with Crippen LogP contribution in [0.25, 0.3) is 10.8 Å². The summed E-state index contributed by atoms with van der Waals surface area (Å²) < 4.78 is 0. The highest BCUT2D eigenvalue weighted by molar-refractivity contribution is 5.95. The van der Waals surface area contributed by atoms with E-state index in [0.717, 1.165) is 16.5 Å². The molecule has 0 atom stereocenters. The van der Waals surface area contributed by atoms with Gasteiger partial charge >= 0.3 is 5.97 Å². The van der Waals surface area contributed by atoms with Crippen LogP contribution in [0, 0.1) is 0 Å². The molecule has 0 bridgehead atoms. The van der Waals surface area contributed by atoms with Crippen LogP contribution in [0.4, 0.5) is 11.5 Å². The number of hydrogen-bond acceptors (Lipinski definition) is 3. The minimum absolute atomic E-state index is 0.211. The smallest absolute Gasteiger partial charge is 0.335 e. The van der Waals surface area contributed by atoms with Crippen molar-refractivity contribution < 1.29 is 9.90 Å². The van der Waals surface area contributed by atoms with Gasteiger partial charge in [-0.3, -0.25) is 0 Å². The Balaban J connectivity index is 2.01. The summed E-state index contributed by atoms with van der Waals surface area (Å²) in [7, 11) is 0. The van der Waals surface area contributed by atoms with E-state index in [1.54, 1.807) is 0 Å². The fourth-order valence-corrected chi connectivity index (χ4v) is 2.10. The van der Waals surface area contributed by atoms with E-state index in [1.807, 2.05) is 42.5 Å². The number of nitrogens with zero attached hydrogens (tertiary/aromatic N) is 1. The number of carboxylic acid groups (broad SMARTS) is 1. The number of carboxylic acids is 1. The van der Waals surface area contributed by atoms with E-state index in [2.05, 4.69) is 10.3 Å². The number of aromatic carboxylic acids is 1. The van der Waals surface area contributed by atoms with Gasteiger partial charge in [0.2, 0.25) is 0 Å². The molecule has 0 radical (unpaired) electrons. The molecule has 2 aromatic carbocycles. The van der Waals surface area contributed by atoms with E-state index in [4.69, 9.17) is 5.11 Å². The van der Waals surface area contributed by atoms with Gasteiger partial charge in [-0.1, -0.05) is 36.4 Å². The van der Waals surface area contributed by atoms with Crippen molar-refractivity contribution in [3.05, 3.63) is 66.4 Å². The number of carbonyl (C=O) groups is 1. The molecule has 0 amide bonds. The van der Waals surface area contributed by atoms with Gasteiger partial charge in [-0.25, -0.2) is 9.78 Å². The van der Waals surface area contributed by atoms with Crippen molar-refractivity contribution in [1.29, 1.82) is 0 Å². The first kappa shape index (κ1) is 12.2. The number of aromatic nitrogens is 1. The molecule has 1 heterocycles. The Kier molecular flexibility index (Phi) is 3.05. The fourth-order valence-electron chi connectivity index (χ4n) is 2.10. The van der Waals surface area contributed by atoms with E-state index >= 15 is 0 Å². The van der Waals surface area contributed by atoms with Gasteiger partial charge in [0.1, 0.15) is 5.82 Å². The number of fused-ring (bicyclic) bond motifs is 1. The van der Waals surface area contributed by atoms with Crippen molar-refractivity contribution in [1.82, 2.24) is 4.98 Å². The molecule has 0 fully saturated rings. The van der Waals surface area contributed by atoms with Crippen LogP contribution in [0.5, 0.6) is 0 Å². The van der Waals surface area contributed by atoms with Gasteiger partial charge in [0.15, 0.2) is 0 Å². The summed E-state index contributed by atoms with van der Waals surface area (Å²) in [5, 5.41) is 14.3. The van der Waals surface area contributed by atoms with Crippen LogP contribution in [0.1, 0.15) is 10.4 Å². The molecule has 0 aliphatic rings. The molecule has 2 N–H and O–H groups in total. The lowest BCUT2D eigenvalue weighted by Gasteiger charge is -2.09. The normalized spacial score (nSPS) is 10.4. The molecule has 0 saturated heterocycles. The maximum Gasteiger partial charge on any atom is 0.335 e. The fraction of sp³-hybridized carbons (Fsp3) is 0. The molecule has 0 spiro atoms. The van der Waals surface area contributed by atoms with Crippen molar-refractivity contribution in [2.45, 2.75) is 0 Å². The van der Waals surface area contributed by atoms with Crippen LogP contribution in [0.3, 0.4) is 0 Å². The third-order valence-electron chi connectivity index (χ3n) is 3.06. The predicted molar refractivity (Wildman–Crippen MR) is 78.4 cm³/mol. The van der Waals surface area contributed by atoms with Crippen LogP contribution in [0.15, 0.2) is 60.8 Å². The third kappa shape index (κ3) is 2.31. The number of hydrogen-bond donors (Lipinski definition) is 2. The first-order chi connectivity index (χ1) is 9.74. The lowest BCUT2D eigenvalue weighted by molar-refractivity contribution is 0.0697. The maximum atomic E-state index is 11.0. The largest absolute Gasteiger partial charge is 0.478 e. The van der Waals surface area contributed by atoms with Crippen molar-refractivity contribution in [2.24, 2.45) is 0 Å². The summed E-state index contributed by atoms with van der Waals surface area (Å²) in [5.74, 6) is -0.449. The number of anilines is 2. The summed E-state index contributed by atoms with van der Waals surface area (Å²) in [6.45, 7) is 0. The van der Waals surface area contributed by atoms with Gasteiger partial charge in [0.05, 0.1) is 5.56 Å². The standard InChI is InChI=1S/C16H12N2O2/c19-16(20)12-8-9-17-15(10-12)18-14-7-3-5-11-4-1-2-6-13(11)14/h1-10H,(H,17,18)(H,19,20). The Morgan fingerprint density at radius 2 is 1.85 bits per heavy atom. The third-order valence-corrected chi connectivity index (χ3v) is 3.06. The molecule has 1 aromatic heterocycles. The van der Waals surface area contributed by atoms with Crippen LogP contribution in [0.2, 0.25) is 0 Å².